The van der Waals surface area contributed by atoms with Gasteiger partial charge in [0.2, 0.25) is 0 Å². The van der Waals surface area contributed by atoms with Crippen LogP contribution in [0.2, 0.25) is 0 Å². The first-order chi connectivity index (χ1) is 4.72. The molecule has 1 atom stereocenters. The van der Waals surface area contributed by atoms with Gasteiger partial charge in [0.05, 0.1) is 0 Å². The Bertz CT molecular complexity index is 179. The zero-order chi connectivity index (χ0) is 7.19. The average Bonchev–Trinajstić information content (AvgIpc) is 2.41. The Balaban J connectivity index is 0.000000605. The predicted octanol–water partition coefficient (Wildman–Crippen LogP) is 0.777. The molecule has 0 aromatic carbocycles. The molecule has 0 aromatic heterocycles. The lowest BCUT2D eigenvalue weighted by Gasteiger charge is -2.07. The summed E-state index contributed by atoms with van der Waals surface area (Å²) in [6.07, 6.45) is 4.23. The third-order valence-corrected chi connectivity index (χ3v) is 2.54. The van der Waals surface area contributed by atoms with Gasteiger partial charge in [0.1, 0.15) is 6.04 Å². The molecule has 1 aliphatic carbocycles. The first-order valence-corrected chi connectivity index (χ1v) is 3.72. The van der Waals surface area contributed by atoms with Crippen LogP contribution in [0, 0.1) is 0 Å². The summed E-state index contributed by atoms with van der Waals surface area (Å²) >= 11 is 0. The molecule has 0 amide bonds. The minimum absolute atomic E-state index is 0. The van der Waals surface area contributed by atoms with Crippen LogP contribution >= 0.6 is 12.4 Å². The van der Waals surface area contributed by atoms with Gasteiger partial charge in [-0.1, -0.05) is 0 Å². The highest BCUT2D eigenvalue weighted by Crippen LogP contribution is 2.44. The topological polar surface area (TPSA) is 49.3 Å². The van der Waals surface area contributed by atoms with E-state index >= 15 is 0 Å². The molecule has 2 fully saturated rings. The number of carboxylic acids is 1. The highest BCUT2D eigenvalue weighted by atomic mass is 35.5. The standard InChI is InChI=1S/C7H11NO2.ClH/c9-6(10)5-1-2-7(8-5)3-4-7;/h5,8H,1-4H2,(H,9,10);1H. The Hall–Kier alpha value is -0.280. The van der Waals surface area contributed by atoms with Crippen LogP contribution in [0.5, 0.6) is 0 Å². The zero-order valence-electron chi connectivity index (χ0n) is 6.17. The normalized spacial score (nSPS) is 31.5. The van der Waals surface area contributed by atoms with Crippen LogP contribution in [0.1, 0.15) is 25.7 Å². The molecule has 1 saturated carbocycles. The monoisotopic (exact) mass is 177 g/mol. The predicted molar refractivity (Wildman–Crippen MR) is 43.0 cm³/mol. The number of hydrogen-bond acceptors (Lipinski definition) is 2. The van der Waals surface area contributed by atoms with E-state index in [2.05, 4.69) is 5.32 Å². The van der Waals surface area contributed by atoms with Crippen molar-refractivity contribution >= 4 is 18.4 Å². The van der Waals surface area contributed by atoms with Crippen molar-refractivity contribution < 1.29 is 9.90 Å². The van der Waals surface area contributed by atoms with Crippen molar-refractivity contribution in [2.45, 2.75) is 37.3 Å². The summed E-state index contributed by atoms with van der Waals surface area (Å²) in [6.45, 7) is 0. The number of aliphatic carboxylic acids is 1. The largest absolute Gasteiger partial charge is 0.480 e. The molecule has 4 heteroatoms. The molecule has 3 nitrogen and oxygen atoms in total. The van der Waals surface area contributed by atoms with Gasteiger partial charge in [-0.05, 0) is 25.7 Å². The van der Waals surface area contributed by atoms with Gasteiger partial charge in [-0.3, -0.25) is 10.1 Å². The van der Waals surface area contributed by atoms with Crippen molar-refractivity contribution in [1.29, 1.82) is 0 Å². The molecule has 2 N–H and O–H groups in total. The lowest BCUT2D eigenvalue weighted by Crippen LogP contribution is -2.36. The van der Waals surface area contributed by atoms with E-state index in [0.717, 1.165) is 12.8 Å². The average molecular weight is 178 g/mol. The summed E-state index contributed by atoms with van der Waals surface area (Å²) in [5, 5.41) is 11.8. The summed E-state index contributed by atoms with van der Waals surface area (Å²) < 4.78 is 0. The minimum atomic E-state index is -0.691. The molecule has 1 heterocycles. The second-order valence-electron chi connectivity index (χ2n) is 3.35. The molecule has 1 spiro atoms. The number of carbonyl (C=O) groups is 1. The van der Waals surface area contributed by atoms with E-state index in [1.807, 2.05) is 0 Å². The second-order valence-corrected chi connectivity index (χ2v) is 3.35. The molecule has 2 rings (SSSR count). The lowest BCUT2D eigenvalue weighted by molar-refractivity contribution is -0.139. The maximum atomic E-state index is 10.5. The smallest absolute Gasteiger partial charge is 0.320 e. The van der Waals surface area contributed by atoms with Gasteiger partial charge in [0.15, 0.2) is 0 Å². The summed E-state index contributed by atoms with van der Waals surface area (Å²) in [5.74, 6) is -0.691. The zero-order valence-corrected chi connectivity index (χ0v) is 6.99. The molecule has 0 bridgehead atoms. The minimum Gasteiger partial charge on any atom is -0.480 e. The molecule has 64 valence electrons. The summed E-state index contributed by atoms with van der Waals surface area (Å²) in [7, 11) is 0. The van der Waals surface area contributed by atoms with Gasteiger partial charge >= 0.3 is 5.97 Å². The molecular weight excluding hydrogens is 166 g/mol. The van der Waals surface area contributed by atoms with Crippen LogP contribution in [0.25, 0.3) is 0 Å². The summed E-state index contributed by atoms with van der Waals surface area (Å²) in [5.41, 5.74) is 0.267. The molecule has 0 aromatic rings. The van der Waals surface area contributed by atoms with Gasteiger partial charge in [-0.15, -0.1) is 12.4 Å². The van der Waals surface area contributed by atoms with Gasteiger partial charge < -0.3 is 5.11 Å². The summed E-state index contributed by atoms with van der Waals surface area (Å²) in [4.78, 5) is 10.5. The van der Waals surface area contributed by atoms with Gasteiger partial charge in [0.25, 0.3) is 0 Å². The van der Waals surface area contributed by atoms with Crippen molar-refractivity contribution in [2.75, 3.05) is 0 Å². The maximum absolute atomic E-state index is 10.5. The third-order valence-electron chi connectivity index (χ3n) is 2.54. The van der Waals surface area contributed by atoms with E-state index in [9.17, 15) is 4.79 Å². The third kappa shape index (κ3) is 1.49. The Morgan fingerprint density at radius 2 is 2.09 bits per heavy atom. The Labute approximate surface area is 71.6 Å². The number of hydrogen-bond donors (Lipinski definition) is 2. The number of nitrogens with one attached hydrogen (secondary N) is 1. The van der Waals surface area contributed by atoms with Crippen LogP contribution in [-0.2, 0) is 4.79 Å². The molecular formula is C7H12ClNO2. The van der Waals surface area contributed by atoms with Crippen molar-refractivity contribution in [3.05, 3.63) is 0 Å². The molecule has 11 heavy (non-hydrogen) atoms. The fourth-order valence-corrected chi connectivity index (χ4v) is 1.67. The summed E-state index contributed by atoms with van der Waals surface area (Å²) in [6, 6.07) is -0.262. The van der Waals surface area contributed by atoms with E-state index in [-0.39, 0.29) is 24.0 Å². The SMILES string of the molecule is Cl.O=C(O)C1CCC2(CC2)N1. The van der Waals surface area contributed by atoms with E-state index < -0.39 is 5.97 Å². The van der Waals surface area contributed by atoms with E-state index in [1.54, 1.807) is 0 Å². The van der Waals surface area contributed by atoms with Crippen molar-refractivity contribution in [1.82, 2.24) is 5.32 Å². The van der Waals surface area contributed by atoms with Crippen LogP contribution in [0.4, 0.5) is 0 Å². The lowest BCUT2D eigenvalue weighted by atomic mass is 10.2. The molecule has 0 radical (unpaired) electrons. The maximum Gasteiger partial charge on any atom is 0.320 e. The van der Waals surface area contributed by atoms with Gasteiger partial charge in [-0.2, -0.15) is 0 Å². The van der Waals surface area contributed by atoms with E-state index in [1.165, 1.54) is 12.8 Å². The number of carboxylic acid groups (broad SMARTS) is 1. The van der Waals surface area contributed by atoms with Gasteiger partial charge in [-0.25, -0.2) is 0 Å². The van der Waals surface area contributed by atoms with Crippen LogP contribution < -0.4 is 5.32 Å². The highest BCUT2D eigenvalue weighted by molar-refractivity contribution is 5.85. The van der Waals surface area contributed by atoms with Crippen molar-refractivity contribution in [3.8, 4) is 0 Å². The molecule has 1 unspecified atom stereocenters. The van der Waals surface area contributed by atoms with Crippen LogP contribution in [0.15, 0.2) is 0 Å². The van der Waals surface area contributed by atoms with Gasteiger partial charge in [0, 0.05) is 5.54 Å². The number of rotatable bonds is 1. The quantitative estimate of drug-likeness (QED) is 0.623. The van der Waals surface area contributed by atoms with E-state index in [4.69, 9.17) is 5.11 Å². The van der Waals surface area contributed by atoms with Crippen molar-refractivity contribution in [2.24, 2.45) is 0 Å². The first-order valence-electron chi connectivity index (χ1n) is 3.72. The van der Waals surface area contributed by atoms with Crippen LogP contribution in [-0.4, -0.2) is 22.7 Å². The Morgan fingerprint density at radius 1 is 1.45 bits per heavy atom. The molecule has 1 saturated heterocycles. The van der Waals surface area contributed by atoms with Crippen molar-refractivity contribution in [3.63, 3.8) is 0 Å². The number of halogens is 1. The fraction of sp³-hybridized carbons (Fsp3) is 0.857. The Kier molecular flexibility index (Phi) is 2.12. The highest BCUT2D eigenvalue weighted by Gasteiger charge is 2.49. The molecule has 2 aliphatic rings. The second kappa shape index (κ2) is 2.64. The van der Waals surface area contributed by atoms with Crippen LogP contribution in [0.3, 0.4) is 0 Å². The fourth-order valence-electron chi connectivity index (χ4n) is 1.67. The Morgan fingerprint density at radius 3 is 2.36 bits per heavy atom. The van der Waals surface area contributed by atoms with E-state index in [0.29, 0.717) is 0 Å². The first kappa shape index (κ1) is 8.81. The molecule has 1 aliphatic heterocycles.